The smallest absolute Gasteiger partial charge is 0.355 e. The number of esters is 1. The Hall–Kier alpha value is -1.98. The van der Waals surface area contributed by atoms with Crippen molar-refractivity contribution in [2.75, 3.05) is 13.2 Å². The third kappa shape index (κ3) is 5.01. The molecule has 1 aromatic carbocycles. The van der Waals surface area contributed by atoms with Crippen LogP contribution in [0.5, 0.6) is 0 Å². The minimum Gasteiger partial charge on any atom is -0.451 e. The predicted molar refractivity (Wildman–Crippen MR) is 88.9 cm³/mol. The SMILES string of the molecule is Cn1cccc1C(=O)OCC(=O)NCCc1ccc(Cl)cc1Cl. The van der Waals surface area contributed by atoms with E-state index < -0.39 is 5.97 Å². The van der Waals surface area contributed by atoms with E-state index in [2.05, 4.69) is 5.32 Å². The van der Waals surface area contributed by atoms with Gasteiger partial charge < -0.3 is 14.6 Å². The average Bonchev–Trinajstić information content (AvgIpc) is 2.93. The van der Waals surface area contributed by atoms with Gasteiger partial charge in [-0.25, -0.2) is 4.79 Å². The number of ether oxygens (including phenoxy) is 1. The van der Waals surface area contributed by atoms with E-state index in [9.17, 15) is 9.59 Å². The largest absolute Gasteiger partial charge is 0.451 e. The average molecular weight is 355 g/mol. The summed E-state index contributed by atoms with van der Waals surface area (Å²) >= 11 is 11.9. The first kappa shape index (κ1) is 17.4. The Kier molecular flexibility index (Phi) is 6.07. The van der Waals surface area contributed by atoms with E-state index in [4.69, 9.17) is 27.9 Å². The van der Waals surface area contributed by atoms with Crippen LogP contribution in [0.1, 0.15) is 16.1 Å². The highest BCUT2D eigenvalue weighted by atomic mass is 35.5. The molecule has 23 heavy (non-hydrogen) atoms. The second-order valence-electron chi connectivity index (χ2n) is 4.92. The van der Waals surface area contributed by atoms with Gasteiger partial charge in [-0.1, -0.05) is 29.3 Å². The molecule has 1 heterocycles. The Labute approximate surface area is 144 Å². The molecule has 0 aliphatic carbocycles. The minimum atomic E-state index is -0.534. The third-order valence-electron chi connectivity index (χ3n) is 3.22. The number of carbonyl (C=O) groups excluding carboxylic acids is 2. The number of nitrogens with one attached hydrogen (secondary N) is 1. The lowest BCUT2D eigenvalue weighted by Gasteiger charge is -2.08. The Balaban J connectivity index is 1.73. The van der Waals surface area contributed by atoms with Gasteiger partial charge in [0.1, 0.15) is 5.69 Å². The van der Waals surface area contributed by atoms with Crippen LogP contribution in [0.4, 0.5) is 0 Å². The van der Waals surface area contributed by atoms with Gasteiger partial charge in [0.15, 0.2) is 6.61 Å². The minimum absolute atomic E-state index is 0.321. The van der Waals surface area contributed by atoms with Crippen molar-refractivity contribution in [1.29, 1.82) is 0 Å². The lowest BCUT2D eigenvalue weighted by atomic mass is 10.1. The summed E-state index contributed by atoms with van der Waals surface area (Å²) in [5.74, 6) is -0.897. The number of rotatable bonds is 6. The third-order valence-corrected chi connectivity index (χ3v) is 3.81. The number of aromatic nitrogens is 1. The number of carbonyl (C=O) groups is 2. The fraction of sp³-hybridized carbons (Fsp3) is 0.250. The molecule has 0 aliphatic heterocycles. The van der Waals surface area contributed by atoms with E-state index in [1.807, 2.05) is 6.07 Å². The molecular formula is C16H16Cl2N2O3. The van der Waals surface area contributed by atoms with Gasteiger partial charge in [0, 0.05) is 29.8 Å². The number of halogens is 2. The van der Waals surface area contributed by atoms with Gasteiger partial charge in [-0.2, -0.15) is 0 Å². The van der Waals surface area contributed by atoms with E-state index in [-0.39, 0.29) is 12.5 Å². The van der Waals surface area contributed by atoms with Crippen molar-refractivity contribution in [3.8, 4) is 0 Å². The van der Waals surface area contributed by atoms with E-state index in [1.54, 1.807) is 42.1 Å². The lowest BCUT2D eigenvalue weighted by Crippen LogP contribution is -2.30. The van der Waals surface area contributed by atoms with Crippen molar-refractivity contribution in [3.05, 3.63) is 57.8 Å². The fourth-order valence-corrected chi connectivity index (χ4v) is 2.49. The van der Waals surface area contributed by atoms with Gasteiger partial charge in [-0.15, -0.1) is 0 Å². The number of hydrogen-bond donors (Lipinski definition) is 1. The molecule has 2 rings (SSSR count). The normalized spacial score (nSPS) is 10.4. The predicted octanol–water partition coefficient (Wildman–Crippen LogP) is 2.85. The van der Waals surface area contributed by atoms with Crippen LogP contribution in [0.25, 0.3) is 0 Å². The van der Waals surface area contributed by atoms with Gasteiger partial charge in [0.25, 0.3) is 5.91 Å². The van der Waals surface area contributed by atoms with Crippen LogP contribution >= 0.6 is 23.2 Å². The molecule has 1 amide bonds. The van der Waals surface area contributed by atoms with Gasteiger partial charge >= 0.3 is 5.97 Å². The first-order chi connectivity index (χ1) is 11.0. The topological polar surface area (TPSA) is 60.3 Å². The van der Waals surface area contributed by atoms with Crippen molar-refractivity contribution < 1.29 is 14.3 Å². The summed E-state index contributed by atoms with van der Waals surface area (Å²) in [4.78, 5) is 23.4. The maximum atomic E-state index is 11.7. The van der Waals surface area contributed by atoms with Crippen molar-refractivity contribution in [2.45, 2.75) is 6.42 Å². The van der Waals surface area contributed by atoms with E-state index >= 15 is 0 Å². The van der Waals surface area contributed by atoms with Gasteiger partial charge in [0.05, 0.1) is 0 Å². The molecule has 0 bridgehead atoms. The molecule has 5 nitrogen and oxygen atoms in total. The van der Waals surface area contributed by atoms with Crippen molar-refractivity contribution >= 4 is 35.1 Å². The summed E-state index contributed by atoms with van der Waals surface area (Å²) in [5.41, 5.74) is 1.28. The molecule has 0 saturated carbocycles. The molecule has 0 spiro atoms. The maximum absolute atomic E-state index is 11.7. The highest BCUT2D eigenvalue weighted by Crippen LogP contribution is 2.20. The number of aryl methyl sites for hydroxylation is 1. The van der Waals surface area contributed by atoms with Crippen LogP contribution in [-0.4, -0.2) is 29.6 Å². The molecule has 0 unspecified atom stereocenters. The summed E-state index contributed by atoms with van der Waals surface area (Å²) in [7, 11) is 1.73. The Morgan fingerprint density at radius 3 is 2.70 bits per heavy atom. The van der Waals surface area contributed by atoms with E-state index in [1.165, 1.54) is 0 Å². The summed E-state index contributed by atoms with van der Waals surface area (Å²) in [6.45, 7) is 0.0697. The van der Waals surface area contributed by atoms with Crippen LogP contribution in [0.2, 0.25) is 10.0 Å². The second-order valence-corrected chi connectivity index (χ2v) is 5.76. The summed E-state index contributed by atoms with van der Waals surface area (Å²) < 4.78 is 6.58. The highest BCUT2D eigenvalue weighted by Gasteiger charge is 2.12. The first-order valence-electron chi connectivity index (χ1n) is 6.96. The molecule has 122 valence electrons. The molecule has 1 aromatic heterocycles. The maximum Gasteiger partial charge on any atom is 0.355 e. The Bertz CT molecular complexity index is 713. The highest BCUT2D eigenvalue weighted by molar-refractivity contribution is 6.35. The number of hydrogen-bond acceptors (Lipinski definition) is 3. The quantitative estimate of drug-likeness (QED) is 0.811. The molecule has 0 atom stereocenters. The molecule has 0 fully saturated rings. The first-order valence-corrected chi connectivity index (χ1v) is 7.72. The van der Waals surface area contributed by atoms with Crippen molar-refractivity contribution in [2.24, 2.45) is 7.05 Å². The van der Waals surface area contributed by atoms with Crippen LogP contribution in [0.15, 0.2) is 36.5 Å². The van der Waals surface area contributed by atoms with Gasteiger partial charge in [-0.3, -0.25) is 4.79 Å². The number of benzene rings is 1. The summed E-state index contributed by atoms with van der Waals surface area (Å²) in [6.07, 6.45) is 2.29. The Morgan fingerprint density at radius 2 is 2.04 bits per heavy atom. The lowest BCUT2D eigenvalue weighted by molar-refractivity contribution is -0.124. The van der Waals surface area contributed by atoms with Crippen LogP contribution in [0.3, 0.4) is 0 Å². The molecule has 7 heteroatoms. The van der Waals surface area contributed by atoms with Crippen LogP contribution in [0, 0.1) is 0 Å². The van der Waals surface area contributed by atoms with Crippen LogP contribution < -0.4 is 5.32 Å². The van der Waals surface area contributed by atoms with Gasteiger partial charge in [-0.05, 0) is 36.2 Å². The van der Waals surface area contributed by atoms with E-state index in [0.29, 0.717) is 28.7 Å². The number of nitrogens with zero attached hydrogens (tertiary/aromatic N) is 1. The molecule has 0 radical (unpaired) electrons. The van der Waals surface area contributed by atoms with E-state index in [0.717, 1.165) is 5.56 Å². The molecule has 0 saturated heterocycles. The van der Waals surface area contributed by atoms with Gasteiger partial charge in [0.2, 0.25) is 0 Å². The monoisotopic (exact) mass is 354 g/mol. The second kappa shape index (κ2) is 8.04. The molecule has 1 N–H and O–H groups in total. The Morgan fingerprint density at radius 1 is 1.26 bits per heavy atom. The zero-order chi connectivity index (χ0) is 16.8. The molecular weight excluding hydrogens is 339 g/mol. The van der Waals surface area contributed by atoms with Crippen molar-refractivity contribution in [1.82, 2.24) is 9.88 Å². The molecule has 0 aliphatic rings. The zero-order valence-corrected chi connectivity index (χ0v) is 14.0. The zero-order valence-electron chi connectivity index (χ0n) is 12.5. The standard InChI is InChI=1S/C16H16Cl2N2O3/c1-20-8-2-3-14(20)16(22)23-10-15(21)19-7-6-11-4-5-12(17)9-13(11)18/h2-5,8-9H,6-7,10H2,1H3,(H,19,21). The van der Waals surface area contributed by atoms with Crippen molar-refractivity contribution in [3.63, 3.8) is 0 Å². The summed E-state index contributed by atoms with van der Waals surface area (Å²) in [5, 5.41) is 3.80. The fourth-order valence-electron chi connectivity index (χ4n) is 1.99. The molecule has 2 aromatic rings. The summed E-state index contributed by atoms with van der Waals surface area (Å²) in [6, 6.07) is 8.57. The number of amides is 1. The van der Waals surface area contributed by atoms with Crippen LogP contribution in [-0.2, 0) is 23.0 Å².